The van der Waals surface area contributed by atoms with Crippen LogP contribution in [-0.2, 0) is 24.2 Å². The lowest BCUT2D eigenvalue weighted by atomic mass is 9.96. The van der Waals surface area contributed by atoms with Crippen LogP contribution in [0.15, 0.2) is 47.4 Å². The first kappa shape index (κ1) is 22.8. The highest BCUT2D eigenvalue weighted by molar-refractivity contribution is 6.31. The molecule has 0 unspecified atom stereocenters. The van der Waals surface area contributed by atoms with Gasteiger partial charge < -0.3 is 9.84 Å². The van der Waals surface area contributed by atoms with E-state index in [1.165, 1.54) is 21.3 Å². The van der Waals surface area contributed by atoms with Crippen LogP contribution in [-0.4, -0.2) is 42.6 Å². The average molecular weight is 493 g/mol. The number of aromatic carboxylic acids is 1. The number of ether oxygens (including phenoxy) is 1. The average Bonchev–Trinajstić information content (AvgIpc) is 3.27. The molecular formula is C25H21ClN4O5. The second-order valence-electron chi connectivity index (χ2n) is 8.31. The van der Waals surface area contributed by atoms with Crippen molar-refractivity contribution in [2.45, 2.75) is 32.7 Å². The third kappa shape index (κ3) is 4.19. The first-order valence-corrected chi connectivity index (χ1v) is 11.4. The minimum atomic E-state index is -1.08. The van der Waals surface area contributed by atoms with Crippen molar-refractivity contribution in [3.63, 3.8) is 0 Å². The maximum absolute atomic E-state index is 13.0. The van der Waals surface area contributed by atoms with E-state index >= 15 is 0 Å². The number of aromatic nitrogens is 4. The number of Topliss-reactive ketones (excluding diaryl/α,β-unsaturated/α-hetero) is 1. The van der Waals surface area contributed by atoms with Gasteiger partial charge in [-0.1, -0.05) is 11.6 Å². The summed E-state index contributed by atoms with van der Waals surface area (Å²) in [6.07, 6.45) is 2.56. The topological polar surface area (TPSA) is 116 Å². The molecule has 1 N–H and O–H groups in total. The molecule has 0 bridgehead atoms. The number of ketones is 1. The molecule has 1 aliphatic carbocycles. The van der Waals surface area contributed by atoms with Gasteiger partial charge in [0, 0.05) is 40.8 Å². The molecule has 4 aromatic rings. The molecule has 10 heteroatoms. The Hall–Kier alpha value is -3.98. The van der Waals surface area contributed by atoms with Gasteiger partial charge in [0.15, 0.2) is 5.69 Å². The molecule has 0 saturated carbocycles. The van der Waals surface area contributed by atoms with Crippen LogP contribution < -0.4 is 10.3 Å². The van der Waals surface area contributed by atoms with Crippen molar-refractivity contribution in [1.82, 2.24) is 19.2 Å². The molecule has 9 nitrogen and oxygen atoms in total. The summed E-state index contributed by atoms with van der Waals surface area (Å²) >= 11 is 6.27. The molecule has 0 aliphatic heterocycles. The Kier molecular flexibility index (Phi) is 5.86. The third-order valence-electron chi connectivity index (χ3n) is 6.13. The standard InChI is InChI=1S/C25H21ClN4O5/c1-14-28-20-4-3-16(31)13-19(20)24(32)29(14)10-11-35-23-7-2-15(26)12-18(23)17-8-9-27-30-21(17)5-6-22(30)25(33)34/h2,5-9,12H,3-4,10-11,13H2,1H3,(H,33,34). The molecule has 0 radical (unpaired) electrons. The number of rotatable bonds is 6. The van der Waals surface area contributed by atoms with E-state index in [1.54, 1.807) is 37.3 Å². The van der Waals surface area contributed by atoms with E-state index < -0.39 is 5.97 Å². The van der Waals surface area contributed by atoms with Crippen molar-refractivity contribution in [3.05, 3.63) is 80.7 Å². The number of halogens is 1. The predicted molar refractivity (Wildman–Crippen MR) is 128 cm³/mol. The van der Waals surface area contributed by atoms with Crippen LogP contribution in [0.3, 0.4) is 0 Å². The van der Waals surface area contributed by atoms with Crippen LogP contribution in [0.5, 0.6) is 5.75 Å². The number of carbonyl (C=O) groups excluding carboxylic acids is 1. The van der Waals surface area contributed by atoms with Gasteiger partial charge in [-0.3, -0.25) is 14.2 Å². The Morgan fingerprint density at radius 3 is 2.77 bits per heavy atom. The van der Waals surface area contributed by atoms with E-state index in [1.807, 2.05) is 0 Å². The van der Waals surface area contributed by atoms with Crippen LogP contribution in [0.4, 0.5) is 0 Å². The fourth-order valence-electron chi connectivity index (χ4n) is 4.44. The van der Waals surface area contributed by atoms with Crippen molar-refractivity contribution in [2.75, 3.05) is 6.61 Å². The fraction of sp³-hybridized carbons (Fsp3) is 0.240. The van der Waals surface area contributed by atoms with E-state index in [0.29, 0.717) is 57.3 Å². The van der Waals surface area contributed by atoms with Gasteiger partial charge in [0.25, 0.3) is 5.56 Å². The quantitative estimate of drug-likeness (QED) is 0.438. The lowest BCUT2D eigenvalue weighted by Crippen LogP contribution is -2.34. The monoisotopic (exact) mass is 492 g/mol. The van der Waals surface area contributed by atoms with E-state index in [2.05, 4.69) is 10.1 Å². The molecular weight excluding hydrogens is 472 g/mol. The Bertz CT molecular complexity index is 1560. The molecule has 0 atom stereocenters. The lowest BCUT2D eigenvalue weighted by Gasteiger charge is -2.18. The number of carboxylic acids is 1. The summed E-state index contributed by atoms with van der Waals surface area (Å²) in [6, 6.07) is 10.1. The van der Waals surface area contributed by atoms with Gasteiger partial charge in [-0.05, 0) is 49.7 Å². The van der Waals surface area contributed by atoms with Gasteiger partial charge in [0.1, 0.15) is 24.0 Å². The number of hydrogen-bond acceptors (Lipinski definition) is 6. The molecule has 3 heterocycles. The molecule has 1 aromatic carbocycles. The number of carbonyl (C=O) groups is 2. The van der Waals surface area contributed by atoms with Crippen molar-refractivity contribution in [2.24, 2.45) is 0 Å². The zero-order valence-electron chi connectivity index (χ0n) is 18.8. The first-order chi connectivity index (χ1) is 16.8. The maximum Gasteiger partial charge on any atom is 0.354 e. The predicted octanol–water partition coefficient (Wildman–Crippen LogP) is 3.35. The van der Waals surface area contributed by atoms with Crippen LogP contribution in [0, 0.1) is 6.92 Å². The van der Waals surface area contributed by atoms with Gasteiger partial charge in [0.05, 0.1) is 17.8 Å². The summed E-state index contributed by atoms with van der Waals surface area (Å²) in [5, 5.41) is 14.1. The Morgan fingerprint density at radius 1 is 1.14 bits per heavy atom. The second kappa shape index (κ2) is 8.99. The van der Waals surface area contributed by atoms with Gasteiger partial charge >= 0.3 is 5.97 Å². The number of benzene rings is 1. The van der Waals surface area contributed by atoms with E-state index in [0.717, 1.165) is 0 Å². The minimum Gasteiger partial charge on any atom is -0.491 e. The summed E-state index contributed by atoms with van der Waals surface area (Å²) in [5.41, 5.74) is 2.97. The van der Waals surface area contributed by atoms with Crippen LogP contribution >= 0.6 is 11.6 Å². The van der Waals surface area contributed by atoms with Crippen molar-refractivity contribution < 1.29 is 19.4 Å². The SMILES string of the molecule is Cc1nc2c(c(=O)n1CCOc1ccc(Cl)cc1-c1ccnn3c(C(=O)O)ccc13)CC(=O)CC2. The molecule has 178 valence electrons. The summed E-state index contributed by atoms with van der Waals surface area (Å²) in [6.45, 7) is 2.19. The molecule has 0 fully saturated rings. The number of nitrogens with zero attached hydrogens (tertiary/aromatic N) is 4. The molecule has 1 aliphatic rings. The highest BCUT2D eigenvalue weighted by Gasteiger charge is 2.22. The largest absolute Gasteiger partial charge is 0.491 e. The smallest absolute Gasteiger partial charge is 0.354 e. The van der Waals surface area contributed by atoms with Crippen molar-refractivity contribution in [1.29, 1.82) is 0 Å². The minimum absolute atomic E-state index is 0.0413. The van der Waals surface area contributed by atoms with Gasteiger partial charge in [-0.15, -0.1) is 0 Å². The molecule has 5 rings (SSSR count). The van der Waals surface area contributed by atoms with Gasteiger partial charge in [-0.2, -0.15) is 5.10 Å². The molecule has 35 heavy (non-hydrogen) atoms. The number of aryl methyl sites for hydroxylation is 2. The molecule has 3 aromatic heterocycles. The number of hydrogen-bond donors (Lipinski definition) is 1. The van der Waals surface area contributed by atoms with Crippen molar-refractivity contribution in [3.8, 4) is 16.9 Å². The summed E-state index contributed by atoms with van der Waals surface area (Å²) in [4.78, 5) is 40.9. The fourth-order valence-corrected chi connectivity index (χ4v) is 4.61. The second-order valence-corrected chi connectivity index (χ2v) is 8.75. The number of carboxylic acid groups (broad SMARTS) is 1. The van der Waals surface area contributed by atoms with E-state index in [4.69, 9.17) is 16.3 Å². The maximum atomic E-state index is 13.0. The summed E-state index contributed by atoms with van der Waals surface area (Å²) in [5.74, 6) is 0.0629. The zero-order valence-corrected chi connectivity index (χ0v) is 19.6. The number of fused-ring (bicyclic) bond motifs is 2. The van der Waals surface area contributed by atoms with Crippen LogP contribution in [0.1, 0.15) is 34.0 Å². The summed E-state index contributed by atoms with van der Waals surface area (Å²) < 4.78 is 8.95. The van der Waals surface area contributed by atoms with Crippen molar-refractivity contribution >= 4 is 28.9 Å². The molecule has 0 amide bonds. The zero-order chi connectivity index (χ0) is 24.7. The highest BCUT2D eigenvalue weighted by atomic mass is 35.5. The van der Waals surface area contributed by atoms with Gasteiger partial charge in [0.2, 0.25) is 0 Å². The van der Waals surface area contributed by atoms with Crippen LogP contribution in [0.2, 0.25) is 5.02 Å². The molecule has 0 spiro atoms. The highest BCUT2D eigenvalue weighted by Crippen LogP contribution is 2.35. The Morgan fingerprint density at radius 2 is 1.97 bits per heavy atom. The van der Waals surface area contributed by atoms with Crippen LogP contribution in [0.25, 0.3) is 16.6 Å². The van der Waals surface area contributed by atoms with E-state index in [9.17, 15) is 19.5 Å². The third-order valence-corrected chi connectivity index (χ3v) is 6.37. The Balaban J connectivity index is 1.45. The van der Waals surface area contributed by atoms with E-state index in [-0.39, 0.29) is 36.6 Å². The lowest BCUT2D eigenvalue weighted by molar-refractivity contribution is -0.118. The normalized spacial score (nSPS) is 13.1. The molecule has 0 saturated heterocycles. The van der Waals surface area contributed by atoms with Gasteiger partial charge in [-0.25, -0.2) is 14.3 Å². The first-order valence-electron chi connectivity index (χ1n) is 11.1. The Labute approximate surface area is 204 Å². The summed E-state index contributed by atoms with van der Waals surface area (Å²) in [7, 11) is 0.